The van der Waals surface area contributed by atoms with E-state index in [4.69, 9.17) is 0 Å². The van der Waals surface area contributed by atoms with Crippen LogP contribution in [0.1, 0.15) is 33.3 Å². The summed E-state index contributed by atoms with van der Waals surface area (Å²) in [6.07, 6.45) is -0.887. The highest BCUT2D eigenvalue weighted by atomic mass is 32.2. The second-order valence-electron chi connectivity index (χ2n) is 6.02. The Hall–Kier alpha value is -0.910. The Morgan fingerprint density at radius 2 is 1.75 bits per heavy atom. The normalized spacial score (nSPS) is 14.2. The van der Waals surface area contributed by atoms with Gasteiger partial charge in [0.25, 0.3) is 0 Å². The maximum absolute atomic E-state index is 12.2. The largest absolute Gasteiger partial charge is 0.391 e. The van der Waals surface area contributed by atoms with Crippen LogP contribution in [-0.2, 0) is 15.3 Å². The van der Waals surface area contributed by atoms with Crippen LogP contribution in [0.2, 0.25) is 0 Å². The van der Waals surface area contributed by atoms with Crippen LogP contribution >= 0.6 is 0 Å². The zero-order valence-electron chi connectivity index (χ0n) is 12.7. The topological polar surface area (TPSA) is 66.4 Å². The Kier molecular flexibility index (Phi) is 5.74. The Morgan fingerprint density at radius 1 is 1.20 bits per heavy atom. The highest BCUT2D eigenvalue weighted by Gasteiger charge is 2.20. The Bertz CT molecular complexity index is 515. The predicted octanol–water partition coefficient (Wildman–Crippen LogP) is 1.73. The van der Waals surface area contributed by atoms with Crippen LogP contribution in [0.4, 0.5) is 0 Å². The van der Waals surface area contributed by atoms with Gasteiger partial charge in [-0.1, -0.05) is 39.8 Å². The Balaban J connectivity index is 2.83. The molecule has 0 saturated carbocycles. The lowest BCUT2D eigenvalue weighted by Crippen LogP contribution is -2.32. The summed E-state index contributed by atoms with van der Waals surface area (Å²) >= 11 is 0. The minimum atomic E-state index is -3.44. The monoisotopic (exact) mass is 299 g/mol. The molecule has 114 valence electrons. The van der Waals surface area contributed by atoms with Crippen LogP contribution in [0.5, 0.6) is 0 Å². The van der Waals surface area contributed by atoms with Crippen molar-refractivity contribution in [3.05, 3.63) is 29.8 Å². The van der Waals surface area contributed by atoms with Gasteiger partial charge in [-0.3, -0.25) is 0 Å². The molecule has 0 heterocycles. The lowest BCUT2D eigenvalue weighted by Gasteiger charge is -2.19. The average molecular weight is 299 g/mol. The van der Waals surface area contributed by atoms with Crippen molar-refractivity contribution in [2.75, 3.05) is 18.8 Å². The first kappa shape index (κ1) is 17.1. The lowest BCUT2D eigenvalue weighted by atomic mass is 9.87. The van der Waals surface area contributed by atoms with Gasteiger partial charge < -0.3 is 10.4 Å². The third kappa shape index (κ3) is 4.89. The van der Waals surface area contributed by atoms with Gasteiger partial charge in [0.15, 0.2) is 9.84 Å². The van der Waals surface area contributed by atoms with E-state index in [0.29, 0.717) is 6.54 Å². The number of likely N-dealkylation sites (N-methyl/N-ethyl adjacent to an activating group) is 1. The lowest BCUT2D eigenvalue weighted by molar-refractivity contribution is 0.194. The van der Waals surface area contributed by atoms with E-state index in [1.807, 2.05) is 19.1 Å². The van der Waals surface area contributed by atoms with E-state index in [9.17, 15) is 13.5 Å². The molecule has 0 aliphatic heterocycles. The van der Waals surface area contributed by atoms with Crippen molar-refractivity contribution in [3.63, 3.8) is 0 Å². The number of sulfone groups is 1. The highest BCUT2D eigenvalue weighted by Crippen LogP contribution is 2.23. The molecule has 1 aromatic rings. The molecule has 1 rings (SSSR count). The van der Waals surface area contributed by atoms with Gasteiger partial charge in [-0.25, -0.2) is 8.42 Å². The number of hydrogen-bond acceptors (Lipinski definition) is 4. The SMILES string of the molecule is CCNCC(O)CS(=O)(=O)c1ccc(C(C)(C)C)cc1. The standard InChI is InChI=1S/C15H25NO3S/c1-5-16-10-13(17)11-20(18,19)14-8-6-12(7-9-14)15(2,3)4/h6-9,13,16-17H,5,10-11H2,1-4H3. The van der Waals surface area contributed by atoms with Crippen LogP contribution in [-0.4, -0.2) is 38.5 Å². The van der Waals surface area contributed by atoms with Crippen LogP contribution in [0.3, 0.4) is 0 Å². The smallest absolute Gasteiger partial charge is 0.180 e. The molecule has 0 aliphatic carbocycles. The van der Waals surface area contributed by atoms with Gasteiger partial charge in [0.05, 0.1) is 16.8 Å². The fourth-order valence-electron chi connectivity index (χ4n) is 1.88. The predicted molar refractivity (Wildman–Crippen MR) is 81.7 cm³/mol. The van der Waals surface area contributed by atoms with E-state index in [2.05, 4.69) is 26.1 Å². The highest BCUT2D eigenvalue weighted by molar-refractivity contribution is 7.91. The first-order valence-corrected chi connectivity index (χ1v) is 8.54. The van der Waals surface area contributed by atoms with E-state index < -0.39 is 15.9 Å². The molecule has 0 aromatic heterocycles. The van der Waals surface area contributed by atoms with Crippen LogP contribution in [0.15, 0.2) is 29.2 Å². The summed E-state index contributed by atoms with van der Waals surface area (Å²) in [5, 5.41) is 12.7. The first-order valence-electron chi connectivity index (χ1n) is 6.89. The molecule has 0 amide bonds. The molecule has 0 spiro atoms. The minimum Gasteiger partial charge on any atom is -0.391 e. The Morgan fingerprint density at radius 3 is 2.20 bits per heavy atom. The first-order chi connectivity index (χ1) is 9.16. The van der Waals surface area contributed by atoms with Crippen molar-refractivity contribution < 1.29 is 13.5 Å². The summed E-state index contributed by atoms with van der Waals surface area (Å²) in [6, 6.07) is 6.92. The van der Waals surface area contributed by atoms with Gasteiger partial charge >= 0.3 is 0 Å². The van der Waals surface area contributed by atoms with Gasteiger partial charge in [0.1, 0.15) is 0 Å². The average Bonchev–Trinajstić information content (AvgIpc) is 2.35. The van der Waals surface area contributed by atoms with E-state index in [1.54, 1.807) is 12.1 Å². The summed E-state index contributed by atoms with van der Waals surface area (Å²) in [4.78, 5) is 0.265. The van der Waals surface area contributed by atoms with Crippen LogP contribution in [0.25, 0.3) is 0 Å². The van der Waals surface area contributed by atoms with Crippen molar-refractivity contribution in [1.82, 2.24) is 5.32 Å². The van der Waals surface area contributed by atoms with Crippen molar-refractivity contribution in [2.24, 2.45) is 0 Å². The van der Waals surface area contributed by atoms with E-state index in [-0.39, 0.29) is 22.6 Å². The molecule has 2 N–H and O–H groups in total. The van der Waals surface area contributed by atoms with Crippen molar-refractivity contribution >= 4 is 9.84 Å². The number of rotatable bonds is 6. The van der Waals surface area contributed by atoms with Crippen molar-refractivity contribution in [1.29, 1.82) is 0 Å². The molecule has 0 radical (unpaired) electrons. The van der Waals surface area contributed by atoms with Gasteiger partial charge in [0, 0.05) is 6.54 Å². The van der Waals surface area contributed by atoms with Crippen LogP contribution < -0.4 is 5.32 Å². The van der Waals surface area contributed by atoms with Gasteiger partial charge in [-0.15, -0.1) is 0 Å². The van der Waals surface area contributed by atoms with E-state index in [1.165, 1.54) is 0 Å². The molecular weight excluding hydrogens is 274 g/mol. The molecule has 0 bridgehead atoms. The number of hydrogen-bond donors (Lipinski definition) is 2. The molecule has 0 saturated heterocycles. The van der Waals surface area contributed by atoms with Gasteiger partial charge in [-0.05, 0) is 29.7 Å². The number of nitrogens with one attached hydrogen (secondary N) is 1. The fraction of sp³-hybridized carbons (Fsp3) is 0.600. The third-order valence-corrected chi connectivity index (χ3v) is 4.94. The Labute approximate surface area is 122 Å². The molecule has 20 heavy (non-hydrogen) atoms. The maximum Gasteiger partial charge on any atom is 0.180 e. The molecule has 5 heteroatoms. The number of benzene rings is 1. The zero-order chi connectivity index (χ0) is 15.4. The third-order valence-electron chi connectivity index (χ3n) is 3.12. The second-order valence-corrected chi connectivity index (χ2v) is 8.05. The summed E-state index contributed by atoms with van der Waals surface area (Å²) in [7, 11) is -3.44. The quantitative estimate of drug-likeness (QED) is 0.839. The van der Waals surface area contributed by atoms with E-state index in [0.717, 1.165) is 5.56 Å². The number of aliphatic hydroxyl groups is 1. The molecular formula is C15H25NO3S. The summed E-state index contributed by atoms with van der Waals surface area (Å²) in [5.41, 5.74) is 1.08. The molecule has 4 nitrogen and oxygen atoms in total. The summed E-state index contributed by atoms with van der Waals surface area (Å²) < 4.78 is 24.4. The second kappa shape index (κ2) is 6.70. The van der Waals surface area contributed by atoms with E-state index >= 15 is 0 Å². The van der Waals surface area contributed by atoms with Crippen LogP contribution in [0, 0.1) is 0 Å². The van der Waals surface area contributed by atoms with Crippen molar-refractivity contribution in [3.8, 4) is 0 Å². The molecule has 1 unspecified atom stereocenters. The fourth-order valence-corrected chi connectivity index (χ4v) is 3.25. The van der Waals surface area contributed by atoms with Gasteiger partial charge in [-0.2, -0.15) is 0 Å². The summed E-state index contributed by atoms with van der Waals surface area (Å²) in [6.45, 7) is 9.14. The molecule has 1 atom stereocenters. The zero-order valence-corrected chi connectivity index (χ0v) is 13.5. The molecule has 0 aliphatic rings. The van der Waals surface area contributed by atoms with Gasteiger partial charge in [0.2, 0.25) is 0 Å². The minimum absolute atomic E-state index is 0.00709. The summed E-state index contributed by atoms with van der Waals surface area (Å²) in [5.74, 6) is -0.255. The maximum atomic E-state index is 12.2. The number of aliphatic hydroxyl groups excluding tert-OH is 1. The molecule has 1 aromatic carbocycles. The molecule has 0 fully saturated rings. The van der Waals surface area contributed by atoms with Crippen molar-refractivity contribution in [2.45, 2.75) is 44.1 Å².